The van der Waals surface area contributed by atoms with Crippen LogP contribution in [0.1, 0.15) is 54.6 Å². The number of ether oxygens (including phenoxy) is 1. The molecule has 5 aromatic rings. The Morgan fingerprint density at radius 1 is 0.932 bits per heavy atom. The Morgan fingerprint density at radius 3 is 2.32 bits per heavy atom. The first kappa shape index (κ1) is 28.0. The lowest BCUT2D eigenvalue weighted by Gasteiger charge is -2.42. The van der Waals surface area contributed by atoms with Gasteiger partial charge >= 0.3 is 6.09 Å². The molecule has 3 aromatic heterocycles. The van der Waals surface area contributed by atoms with Gasteiger partial charge in [0.15, 0.2) is 11.1 Å². The highest BCUT2D eigenvalue weighted by atomic mass is 16.6. The third kappa shape index (κ3) is 5.72. The lowest BCUT2D eigenvalue weighted by atomic mass is 9.91. The molecule has 2 N–H and O–H groups in total. The van der Waals surface area contributed by atoms with Crippen LogP contribution in [-0.2, 0) is 11.3 Å². The monoisotopic (exact) mass is 592 g/mol. The van der Waals surface area contributed by atoms with Crippen LogP contribution in [0.2, 0.25) is 0 Å². The van der Waals surface area contributed by atoms with Crippen LogP contribution in [0.15, 0.2) is 79.5 Å². The van der Waals surface area contributed by atoms with E-state index in [1.807, 2.05) is 32.5 Å². The number of nitrogens with zero attached hydrogens (tertiary/aromatic N) is 8. The summed E-state index contributed by atoms with van der Waals surface area (Å²) in [4.78, 5) is 28.8. The third-order valence-electron chi connectivity index (χ3n) is 8.75. The van der Waals surface area contributed by atoms with E-state index in [2.05, 4.69) is 78.7 Å². The van der Waals surface area contributed by atoms with Gasteiger partial charge in [-0.2, -0.15) is 0 Å². The molecule has 12 nitrogen and oxygen atoms in total. The number of amides is 1. The van der Waals surface area contributed by atoms with Crippen LogP contribution in [0.25, 0.3) is 11.2 Å². The van der Waals surface area contributed by atoms with Gasteiger partial charge in [-0.15, -0.1) is 5.10 Å². The second-order valence-corrected chi connectivity index (χ2v) is 11.5. The van der Waals surface area contributed by atoms with Gasteiger partial charge in [-0.3, -0.25) is 10.3 Å². The van der Waals surface area contributed by atoms with Crippen LogP contribution in [-0.4, -0.2) is 82.7 Å². The van der Waals surface area contributed by atoms with Crippen molar-refractivity contribution in [3.8, 4) is 0 Å². The fourth-order valence-corrected chi connectivity index (χ4v) is 6.52. The number of hydrogen-bond acceptors (Lipinski definition) is 8. The molecule has 2 aromatic carbocycles. The largest absolute Gasteiger partial charge is 0.446 e. The van der Waals surface area contributed by atoms with Crippen molar-refractivity contribution >= 4 is 17.3 Å². The highest BCUT2D eigenvalue weighted by Crippen LogP contribution is 2.37. The van der Waals surface area contributed by atoms with Crippen molar-refractivity contribution in [1.29, 1.82) is 5.41 Å². The van der Waals surface area contributed by atoms with Crippen molar-refractivity contribution in [2.45, 2.75) is 50.4 Å². The first-order valence-corrected chi connectivity index (χ1v) is 15.3. The molecule has 2 fully saturated rings. The van der Waals surface area contributed by atoms with E-state index in [4.69, 9.17) is 10.1 Å². The summed E-state index contributed by atoms with van der Waals surface area (Å²) in [7, 11) is 0. The summed E-state index contributed by atoms with van der Waals surface area (Å²) in [6, 6.07) is 20.7. The van der Waals surface area contributed by atoms with Gasteiger partial charge in [-0.1, -0.05) is 65.9 Å². The first-order valence-electron chi connectivity index (χ1n) is 15.3. The Bertz CT molecular complexity index is 1750. The smallest absolute Gasteiger partial charge is 0.410 e. The van der Waals surface area contributed by atoms with Gasteiger partial charge in [0.2, 0.25) is 0 Å². The number of fused-ring (bicyclic) bond motifs is 1. The molecule has 4 heterocycles. The molecule has 12 heteroatoms. The number of hydrogen-bond donors (Lipinski definition) is 2. The maximum Gasteiger partial charge on any atom is 0.410 e. The molecule has 0 spiro atoms. The first-order chi connectivity index (χ1) is 21.6. The second-order valence-electron chi connectivity index (χ2n) is 11.5. The van der Waals surface area contributed by atoms with E-state index in [1.54, 1.807) is 12.7 Å². The van der Waals surface area contributed by atoms with Crippen LogP contribution in [0.3, 0.4) is 0 Å². The summed E-state index contributed by atoms with van der Waals surface area (Å²) in [5.41, 5.74) is 4.42. The molecule has 2 aliphatic rings. The van der Waals surface area contributed by atoms with Crippen molar-refractivity contribution < 1.29 is 9.53 Å². The normalized spacial score (nSPS) is 17.6. The molecule has 1 aliphatic heterocycles. The van der Waals surface area contributed by atoms with Gasteiger partial charge in [0, 0.05) is 26.2 Å². The molecule has 2 atom stereocenters. The van der Waals surface area contributed by atoms with Crippen LogP contribution in [0.5, 0.6) is 0 Å². The fraction of sp³-hybridized carbons (Fsp3) is 0.375. The molecule has 226 valence electrons. The Labute approximate surface area is 254 Å². The average molecular weight is 593 g/mol. The standard InChI is InChI=1S/C32H36N10O2/c33-30-27-31(35-21-34-27)41(22-36-30)19-25-20-42(38-37-25)29(24-11-5-2-6-12-24)28(23-9-3-1-4-10-23)39-15-17-40(18-16-39)32(43)44-26-13-7-8-14-26/h1-6,9-12,20-22,26,28-29,33H,7-8,13-19H2,(H,34,35)/t28-,29+/m0/s1. The minimum Gasteiger partial charge on any atom is -0.446 e. The number of rotatable bonds is 8. The number of imidazole rings is 1. The number of aromatic nitrogens is 7. The van der Waals surface area contributed by atoms with Gasteiger partial charge in [-0.25, -0.2) is 19.4 Å². The number of aromatic amines is 1. The number of H-pyrrole nitrogens is 1. The molecule has 0 bridgehead atoms. The Kier molecular flexibility index (Phi) is 7.89. The maximum absolute atomic E-state index is 13.0. The molecule has 0 radical (unpaired) electrons. The lowest BCUT2D eigenvalue weighted by molar-refractivity contribution is 0.0350. The van der Waals surface area contributed by atoms with Gasteiger partial charge in [0.05, 0.1) is 37.5 Å². The predicted molar refractivity (Wildman–Crippen MR) is 163 cm³/mol. The Balaban J connectivity index is 1.18. The highest BCUT2D eigenvalue weighted by Gasteiger charge is 2.36. The van der Waals surface area contributed by atoms with E-state index in [0.717, 1.165) is 36.9 Å². The van der Waals surface area contributed by atoms with Crippen LogP contribution in [0.4, 0.5) is 4.79 Å². The molecule has 7 rings (SSSR count). The van der Waals surface area contributed by atoms with Crippen LogP contribution < -0.4 is 5.49 Å². The van der Waals surface area contributed by atoms with Gasteiger partial charge in [0.25, 0.3) is 0 Å². The maximum atomic E-state index is 13.0. The highest BCUT2D eigenvalue weighted by molar-refractivity contribution is 5.68. The van der Waals surface area contributed by atoms with Crippen molar-refractivity contribution in [1.82, 2.24) is 44.3 Å². The van der Waals surface area contributed by atoms with Crippen LogP contribution >= 0.6 is 0 Å². The molecular formula is C32H36N10O2. The average Bonchev–Trinajstić information content (AvgIpc) is 3.86. The van der Waals surface area contributed by atoms with Crippen LogP contribution in [0, 0.1) is 5.41 Å². The molecule has 1 saturated carbocycles. The zero-order chi connectivity index (χ0) is 29.9. The minimum atomic E-state index is -0.190. The van der Waals surface area contributed by atoms with Crippen molar-refractivity contribution in [3.05, 3.63) is 102 Å². The molecule has 44 heavy (non-hydrogen) atoms. The van der Waals surface area contributed by atoms with E-state index in [9.17, 15) is 4.79 Å². The molecule has 0 unspecified atom stereocenters. The molecule has 1 saturated heterocycles. The minimum absolute atomic E-state index is 0.0592. The summed E-state index contributed by atoms with van der Waals surface area (Å²) in [6.07, 6.45) is 9.25. The fourth-order valence-electron chi connectivity index (χ4n) is 6.52. The zero-order valence-corrected chi connectivity index (χ0v) is 24.5. The van der Waals surface area contributed by atoms with E-state index in [-0.39, 0.29) is 29.8 Å². The van der Waals surface area contributed by atoms with Crippen molar-refractivity contribution in [2.24, 2.45) is 0 Å². The van der Waals surface area contributed by atoms with Gasteiger partial charge in [0.1, 0.15) is 17.3 Å². The molecule has 1 aliphatic carbocycles. The number of piperazine rings is 1. The van der Waals surface area contributed by atoms with E-state index in [0.29, 0.717) is 43.9 Å². The number of benzene rings is 2. The second kappa shape index (κ2) is 12.4. The Hall–Kier alpha value is -4.84. The lowest BCUT2D eigenvalue weighted by Crippen LogP contribution is -2.51. The zero-order valence-electron chi connectivity index (χ0n) is 24.5. The van der Waals surface area contributed by atoms with E-state index >= 15 is 0 Å². The van der Waals surface area contributed by atoms with Crippen molar-refractivity contribution in [2.75, 3.05) is 26.2 Å². The van der Waals surface area contributed by atoms with Crippen molar-refractivity contribution in [3.63, 3.8) is 0 Å². The Morgan fingerprint density at radius 2 is 1.61 bits per heavy atom. The number of carbonyl (C=O) groups excluding carboxylic acids is 1. The topological polar surface area (TPSA) is 134 Å². The number of nitrogens with one attached hydrogen (secondary N) is 2. The summed E-state index contributed by atoms with van der Waals surface area (Å²) in [6.45, 7) is 3.04. The van der Waals surface area contributed by atoms with E-state index < -0.39 is 0 Å². The molecule has 1 amide bonds. The summed E-state index contributed by atoms with van der Waals surface area (Å²) < 4.78 is 9.65. The SMILES string of the molecule is N=c1ncn(Cc2cn([C@H](c3ccccc3)[C@H](c3ccccc3)N3CCN(C(=O)OC4CCCC4)CC3)nn2)c2nc[nH]c12. The number of carbonyl (C=O) groups is 1. The van der Waals surface area contributed by atoms with Gasteiger partial charge < -0.3 is 19.2 Å². The summed E-state index contributed by atoms with van der Waals surface area (Å²) in [5.74, 6) is 0. The summed E-state index contributed by atoms with van der Waals surface area (Å²) >= 11 is 0. The quantitative estimate of drug-likeness (QED) is 0.279. The third-order valence-corrected chi connectivity index (χ3v) is 8.75. The summed E-state index contributed by atoms with van der Waals surface area (Å²) in [5, 5.41) is 17.3. The predicted octanol–water partition coefficient (Wildman–Crippen LogP) is 3.91. The van der Waals surface area contributed by atoms with Gasteiger partial charge in [-0.05, 0) is 36.8 Å². The van der Waals surface area contributed by atoms with E-state index in [1.165, 1.54) is 5.56 Å². The molecular weight excluding hydrogens is 556 g/mol.